The second-order valence-electron chi connectivity index (χ2n) is 3.67. The molecule has 1 aliphatic carbocycles. The van der Waals surface area contributed by atoms with Crippen LogP contribution in [0.15, 0.2) is 12.4 Å². The monoisotopic (exact) mass is 163 g/mol. The third-order valence-electron chi connectivity index (χ3n) is 2.60. The number of rotatable bonds is 0. The molecule has 0 saturated heterocycles. The Morgan fingerprint density at radius 3 is 3.00 bits per heavy atom. The van der Waals surface area contributed by atoms with Crippen molar-refractivity contribution in [2.24, 2.45) is 13.0 Å². The smallest absolute Gasteiger partial charge is 0.167 e. The van der Waals surface area contributed by atoms with Gasteiger partial charge in [-0.25, -0.2) is 0 Å². The molecule has 0 bridgehead atoms. The van der Waals surface area contributed by atoms with E-state index < -0.39 is 0 Å². The number of aryl methyl sites for hydroxylation is 2. The lowest BCUT2D eigenvalue weighted by atomic mass is 9.86. The molecule has 1 aromatic heterocycles. The van der Waals surface area contributed by atoms with Gasteiger partial charge in [-0.3, -0.25) is 4.79 Å². The molecule has 0 aromatic carbocycles. The van der Waals surface area contributed by atoms with Crippen molar-refractivity contribution in [2.45, 2.75) is 19.8 Å². The van der Waals surface area contributed by atoms with Crippen molar-refractivity contribution in [3.8, 4) is 0 Å². The van der Waals surface area contributed by atoms with Crippen LogP contribution < -0.4 is 0 Å². The molecule has 12 heavy (non-hydrogen) atoms. The minimum atomic E-state index is 0.222. The van der Waals surface area contributed by atoms with Crippen LogP contribution in [0.3, 0.4) is 0 Å². The lowest BCUT2D eigenvalue weighted by Crippen LogP contribution is -2.18. The maximum absolute atomic E-state index is 11.6. The van der Waals surface area contributed by atoms with Gasteiger partial charge in [0.2, 0.25) is 0 Å². The largest absolute Gasteiger partial charge is 0.356 e. The summed E-state index contributed by atoms with van der Waals surface area (Å²) in [7, 11) is 1.97. The summed E-state index contributed by atoms with van der Waals surface area (Å²) in [5.74, 6) is 0.539. The highest BCUT2D eigenvalue weighted by molar-refractivity contribution is 5.99. The van der Waals surface area contributed by atoms with Gasteiger partial charge in [0.25, 0.3) is 0 Å². The number of aromatic nitrogens is 1. The number of carbonyl (C=O) groups excluding carboxylic acids is 1. The first-order valence-electron chi connectivity index (χ1n) is 4.37. The van der Waals surface area contributed by atoms with Crippen LogP contribution in [0.25, 0.3) is 0 Å². The Hall–Kier alpha value is -1.05. The number of nitrogens with zero attached hydrogens (tertiary/aromatic N) is 1. The van der Waals surface area contributed by atoms with Crippen LogP contribution >= 0.6 is 0 Å². The lowest BCUT2D eigenvalue weighted by Gasteiger charge is -2.15. The van der Waals surface area contributed by atoms with E-state index in [1.807, 2.05) is 24.7 Å². The second-order valence-corrected chi connectivity index (χ2v) is 3.67. The molecule has 0 spiro atoms. The summed E-state index contributed by atoms with van der Waals surface area (Å²) in [6, 6.07) is 0. The van der Waals surface area contributed by atoms with E-state index >= 15 is 0 Å². The molecule has 0 aliphatic heterocycles. The highest BCUT2D eigenvalue weighted by atomic mass is 16.1. The van der Waals surface area contributed by atoms with Gasteiger partial charge in [0, 0.05) is 30.9 Å². The lowest BCUT2D eigenvalue weighted by molar-refractivity contribution is 0.0914. The molecule has 1 atom stereocenters. The van der Waals surface area contributed by atoms with E-state index in [2.05, 4.69) is 6.20 Å². The fourth-order valence-corrected chi connectivity index (χ4v) is 1.83. The third-order valence-corrected chi connectivity index (χ3v) is 2.60. The van der Waals surface area contributed by atoms with Gasteiger partial charge in [-0.05, 0) is 18.4 Å². The molecule has 0 saturated carbocycles. The predicted octanol–water partition coefficient (Wildman–Crippen LogP) is 1.79. The first-order chi connectivity index (χ1) is 5.68. The molecule has 2 rings (SSSR count). The maximum atomic E-state index is 11.6. The number of carbonyl (C=O) groups is 1. The molecule has 2 nitrogen and oxygen atoms in total. The van der Waals surface area contributed by atoms with Gasteiger partial charge >= 0.3 is 0 Å². The van der Waals surface area contributed by atoms with Crippen molar-refractivity contribution >= 4 is 5.78 Å². The van der Waals surface area contributed by atoms with Crippen LogP contribution in [-0.4, -0.2) is 10.4 Å². The Bertz CT molecular complexity index is 325. The SMILES string of the molecule is CC1CCc2cn(C)cc2C1=O. The first-order valence-corrected chi connectivity index (χ1v) is 4.37. The summed E-state index contributed by atoms with van der Waals surface area (Å²) >= 11 is 0. The Kier molecular flexibility index (Phi) is 1.56. The van der Waals surface area contributed by atoms with Crippen molar-refractivity contribution in [3.05, 3.63) is 23.5 Å². The summed E-state index contributed by atoms with van der Waals surface area (Å²) in [4.78, 5) is 11.6. The zero-order valence-electron chi connectivity index (χ0n) is 7.50. The van der Waals surface area contributed by atoms with Gasteiger partial charge in [0.15, 0.2) is 5.78 Å². The predicted molar refractivity (Wildman–Crippen MR) is 47.2 cm³/mol. The van der Waals surface area contributed by atoms with Crippen molar-refractivity contribution in [1.82, 2.24) is 4.57 Å². The minimum Gasteiger partial charge on any atom is -0.356 e. The van der Waals surface area contributed by atoms with E-state index in [1.54, 1.807) is 0 Å². The van der Waals surface area contributed by atoms with Gasteiger partial charge in [0.05, 0.1) is 0 Å². The van der Waals surface area contributed by atoms with Crippen LogP contribution in [0, 0.1) is 5.92 Å². The Labute approximate surface area is 72.2 Å². The maximum Gasteiger partial charge on any atom is 0.167 e. The summed E-state index contributed by atoms with van der Waals surface area (Å²) in [6.45, 7) is 2.01. The Morgan fingerprint density at radius 1 is 1.50 bits per heavy atom. The van der Waals surface area contributed by atoms with Crippen LogP contribution in [0.4, 0.5) is 0 Å². The molecule has 0 amide bonds. The molecule has 2 heteroatoms. The first kappa shape index (κ1) is 7.59. The fraction of sp³-hybridized carbons (Fsp3) is 0.500. The summed E-state index contributed by atoms with van der Waals surface area (Å²) in [5.41, 5.74) is 2.16. The summed E-state index contributed by atoms with van der Waals surface area (Å²) in [6.07, 6.45) is 6.06. The van der Waals surface area contributed by atoms with E-state index in [4.69, 9.17) is 0 Å². The van der Waals surface area contributed by atoms with Crippen LogP contribution in [0.1, 0.15) is 29.3 Å². The minimum absolute atomic E-state index is 0.222. The molecule has 0 radical (unpaired) electrons. The van der Waals surface area contributed by atoms with Crippen molar-refractivity contribution < 1.29 is 4.79 Å². The van der Waals surface area contributed by atoms with E-state index in [1.165, 1.54) is 5.56 Å². The summed E-state index contributed by atoms with van der Waals surface area (Å²) in [5, 5.41) is 0. The van der Waals surface area contributed by atoms with Gasteiger partial charge in [-0.1, -0.05) is 6.92 Å². The van der Waals surface area contributed by atoms with E-state index in [0.717, 1.165) is 18.4 Å². The molecule has 1 aromatic rings. The highest BCUT2D eigenvalue weighted by Gasteiger charge is 2.24. The normalized spacial score (nSPS) is 22.5. The molecule has 64 valence electrons. The van der Waals surface area contributed by atoms with E-state index in [9.17, 15) is 4.79 Å². The fourth-order valence-electron chi connectivity index (χ4n) is 1.83. The topological polar surface area (TPSA) is 22.0 Å². The quantitative estimate of drug-likeness (QED) is 0.571. The van der Waals surface area contributed by atoms with Gasteiger partial charge in [-0.15, -0.1) is 0 Å². The second kappa shape index (κ2) is 2.47. The Balaban J connectivity index is 2.48. The van der Waals surface area contributed by atoms with Crippen molar-refractivity contribution in [3.63, 3.8) is 0 Å². The zero-order chi connectivity index (χ0) is 8.72. The number of ketones is 1. The molecule has 0 fully saturated rings. The number of hydrogen-bond donors (Lipinski definition) is 0. The van der Waals surface area contributed by atoms with Crippen LogP contribution in [-0.2, 0) is 13.5 Å². The van der Waals surface area contributed by atoms with Crippen molar-refractivity contribution in [2.75, 3.05) is 0 Å². The van der Waals surface area contributed by atoms with Crippen molar-refractivity contribution in [1.29, 1.82) is 0 Å². The molecule has 0 N–H and O–H groups in total. The highest BCUT2D eigenvalue weighted by Crippen LogP contribution is 2.25. The van der Waals surface area contributed by atoms with E-state index in [-0.39, 0.29) is 5.92 Å². The molecular formula is C10H13NO. The Morgan fingerprint density at radius 2 is 2.25 bits per heavy atom. The van der Waals surface area contributed by atoms with Gasteiger partial charge in [0.1, 0.15) is 0 Å². The number of fused-ring (bicyclic) bond motifs is 1. The average Bonchev–Trinajstić information content (AvgIpc) is 2.39. The van der Waals surface area contributed by atoms with Crippen LogP contribution in [0.2, 0.25) is 0 Å². The third kappa shape index (κ3) is 0.986. The van der Waals surface area contributed by atoms with Crippen LogP contribution in [0.5, 0.6) is 0 Å². The van der Waals surface area contributed by atoms with Gasteiger partial charge < -0.3 is 4.57 Å². The van der Waals surface area contributed by atoms with Gasteiger partial charge in [-0.2, -0.15) is 0 Å². The standard InChI is InChI=1S/C10H13NO/c1-7-3-4-8-5-11(2)6-9(8)10(7)12/h5-7H,3-4H2,1-2H3. The average molecular weight is 163 g/mol. The molecular weight excluding hydrogens is 150 g/mol. The number of Topliss-reactive ketones (excluding diaryl/α,β-unsaturated/α-hetero) is 1. The number of hydrogen-bond acceptors (Lipinski definition) is 1. The molecule has 1 unspecified atom stereocenters. The van der Waals surface area contributed by atoms with E-state index in [0.29, 0.717) is 5.78 Å². The molecule has 1 heterocycles. The zero-order valence-corrected chi connectivity index (χ0v) is 7.50. The molecule has 1 aliphatic rings. The summed E-state index contributed by atoms with van der Waals surface area (Å²) < 4.78 is 1.97.